The first-order valence-corrected chi connectivity index (χ1v) is 7.97. The number of aryl methyl sites for hydroxylation is 1. The molecule has 128 valence electrons. The summed E-state index contributed by atoms with van der Waals surface area (Å²) in [7, 11) is 0. The summed E-state index contributed by atoms with van der Waals surface area (Å²) in [6.45, 7) is 5.39. The van der Waals surface area contributed by atoms with Crippen LogP contribution in [0.3, 0.4) is 0 Å². The molecule has 1 N–H and O–H groups in total. The number of hydrogen-bond donors (Lipinski definition) is 1. The SMILES string of the molecule is Cc1cccc(OCC(=O)n2c(C)c(C(=O)O)c3ccccc32)c1C. The van der Waals surface area contributed by atoms with E-state index in [-0.39, 0.29) is 18.1 Å². The summed E-state index contributed by atoms with van der Waals surface area (Å²) in [6, 6.07) is 12.7. The fraction of sp³-hybridized carbons (Fsp3) is 0.200. The van der Waals surface area contributed by atoms with Gasteiger partial charge in [-0.1, -0.05) is 30.3 Å². The van der Waals surface area contributed by atoms with Crippen LogP contribution in [-0.4, -0.2) is 28.2 Å². The van der Waals surface area contributed by atoms with Crippen LogP contribution in [-0.2, 0) is 0 Å². The number of carboxylic acid groups (broad SMARTS) is 1. The minimum absolute atomic E-state index is 0.149. The second kappa shape index (κ2) is 6.43. The van der Waals surface area contributed by atoms with Crippen molar-refractivity contribution in [1.29, 1.82) is 0 Å². The van der Waals surface area contributed by atoms with Gasteiger partial charge in [0.1, 0.15) is 5.75 Å². The first kappa shape index (κ1) is 16.8. The van der Waals surface area contributed by atoms with Crippen LogP contribution in [0.4, 0.5) is 0 Å². The lowest BCUT2D eigenvalue weighted by atomic mass is 10.1. The topological polar surface area (TPSA) is 68.5 Å². The highest BCUT2D eigenvalue weighted by Gasteiger charge is 2.22. The van der Waals surface area contributed by atoms with Crippen LogP contribution >= 0.6 is 0 Å². The van der Waals surface area contributed by atoms with E-state index in [0.29, 0.717) is 22.3 Å². The average molecular weight is 337 g/mol. The third-order valence-electron chi connectivity index (χ3n) is 4.48. The molecule has 1 aromatic heterocycles. The minimum atomic E-state index is -1.05. The molecule has 1 heterocycles. The zero-order valence-corrected chi connectivity index (χ0v) is 14.4. The summed E-state index contributed by atoms with van der Waals surface area (Å²) in [5.41, 5.74) is 3.20. The number of carboxylic acids is 1. The van der Waals surface area contributed by atoms with Crippen molar-refractivity contribution < 1.29 is 19.4 Å². The molecule has 0 aliphatic heterocycles. The number of aromatic carboxylic acids is 1. The Morgan fingerprint density at radius 2 is 1.76 bits per heavy atom. The van der Waals surface area contributed by atoms with Crippen LogP contribution in [0.25, 0.3) is 10.9 Å². The molecule has 0 bridgehead atoms. The van der Waals surface area contributed by atoms with Gasteiger partial charge in [0.15, 0.2) is 6.61 Å². The first-order chi connectivity index (χ1) is 11.9. The number of carbonyl (C=O) groups excluding carboxylic acids is 1. The number of rotatable bonds is 4. The summed E-state index contributed by atoms with van der Waals surface area (Å²) < 4.78 is 7.11. The quantitative estimate of drug-likeness (QED) is 0.782. The Balaban J connectivity index is 1.96. The average Bonchev–Trinajstić information content (AvgIpc) is 2.88. The van der Waals surface area contributed by atoms with E-state index in [9.17, 15) is 14.7 Å². The van der Waals surface area contributed by atoms with Crippen molar-refractivity contribution in [1.82, 2.24) is 4.57 Å². The third-order valence-corrected chi connectivity index (χ3v) is 4.48. The van der Waals surface area contributed by atoms with Crippen LogP contribution in [0.1, 0.15) is 32.0 Å². The molecule has 0 amide bonds. The number of benzene rings is 2. The standard InChI is InChI=1S/C20H19NO4/c1-12-7-6-10-17(13(12)2)25-11-18(22)21-14(3)19(20(23)24)15-8-4-5-9-16(15)21/h4-10H,11H2,1-3H3,(H,23,24). The lowest BCUT2D eigenvalue weighted by Crippen LogP contribution is -2.21. The molecular formula is C20H19NO4. The van der Waals surface area contributed by atoms with Crippen molar-refractivity contribution in [2.24, 2.45) is 0 Å². The van der Waals surface area contributed by atoms with E-state index in [1.165, 1.54) is 4.57 Å². The molecule has 0 saturated carbocycles. The Morgan fingerprint density at radius 3 is 2.48 bits per heavy atom. The van der Waals surface area contributed by atoms with Crippen molar-refractivity contribution in [3.05, 3.63) is 64.8 Å². The van der Waals surface area contributed by atoms with E-state index < -0.39 is 5.97 Å². The van der Waals surface area contributed by atoms with Crippen molar-refractivity contribution in [3.63, 3.8) is 0 Å². The van der Waals surface area contributed by atoms with E-state index >= 15 is 0 Å². The van der Waals surface area contributed by atoms with Gasteiger partial charge in [-0.25, -0.2) is 4.79 Å². The van der Waals surface area contributed by atoms with Crippen LogP contribution in [0, 0.1) is 20.8 Å². The zero-order valence-electron chi connectivity index (χ0n) is 14.4. The highest BCUT2D eigenvalue weighted by Crippen LogP contribution is 2.26. The number of carbonyl (C=O) groups is 2. The van der Waals surface area contributed by atoms with E-state index in [0.717, 1.165) is 11.1 Å². The summed E-state index contributed by atoms with van der Waals surface area (Å²) in [6.07, 6.45) is 0. The van der Waals surface area contributed by atoms with Gasteiger partial charge in [-0.2, -0.15) is 0 Å². The molecule has 0 spiro atoms. The molecule has 0 atom stereocenters. The second-order valence-electron chi connectivity index (χ2n) is 6.00. The van der Waals surface area contributed by atoms with Gasteiger partial charge < -0.3 is 9.84 Å². The highest BCUT2D eigenvalue weighted by molar-refractivity contribution is 6.08. The van der Waals surface area contributed by atoms with E-state index in [1.807, 2.05) is 32.0 Å². The van der Waals surface area contributed by atoms with Crippen molar-refractivity contribution in [2.45, 2.75) is 20.8 Å². The van der Waals surface area contributed by atoms with Crippen LogP contribution in [0.2, 0.25) is 0 Å². The van der Waals surface area contributed by atoms with Gasteiger partial charge in [0, 0.05) is 11.1 Å². The molecule has 5 nitrogen and oxygen atoms in total. The van der Waals surface area contributed by atoms with Gasteiger partial charge in [0.05, 0.1) is 11.1 Å². The third kappa shape index (κ3) is 2.89. The van der Waals surface area contributed by atoms with Gasteiger partial charge in [-0.15, -0.1) is 0 Å². The lowest BCUT2D eigenvalue weighted by Gasteiger charge is -2.12. The largest absolute Gasteiger partial charge is 0.483 e. The minimum Gasteiger partial charge on any atom is -0.483 e. The van der Waals surface area contributed by atoms with Crippen molar-refractivity contribution in [2.75, 3.05) is 6.61 Å². The first-order valence-electron chi connectivity index (χ1n) is 7.97. The molecule has 0 aliphatic carbocycles. The fourth-order valence-electron chi connectivity index (χ4n) is 3.04. The van der Waals surface area contributed by atoms with Crippen molar-refractivity contribution in [3.8, 4) is 5.75 Å². The predicted octanol–water partition coefficient (Wildman–Crippen LogP) is 3.98. The molecule has 3 rings (SSSR count). The number of hydrogen-bond acceptors (Lipinski definition) is 3. The molecule has 5 heteroatoms. The fourth-order valence-corrected chi connectivity index (χ4v) is 3.04. The Kier molecular flexibility index (Phi) is 4.31. The number of aromatic nitrogens is 1. The molecule has 2 aromatic carbocycles. The Hall–Kier alpha value is -3.08. The monoisotopic (exact) mass is 337 g/mol. The maximum atomic E-state index is 12.7. The second-order valence-corrected chi connectivity index (χ2v) is 6.00. The summed E-state index contributed by atoms with van der Waals surface area (Å²) in [5.74, 6) is -0.696. The molecular weight excluding hydrogens is 318 g/mol. The van der Waals surface area contributed by atoms with E-state index in [1.54, 1.807) is 31.2 Å². The lowest BCUT2D eigenvalue weighted by molar-refractivity contribution is 0.0698. The summed E-state index contributed by atoms with van der Waals surface area (Å²) in [4.78, 5) is 24.3. The van der Waals surface area contributed by atoms with Gasteiger partial charge in [0.2, 0.25) is 0 Å². The summed E-state index contributed by atoms with van der Waals surface area (Å²) >= 11 is 0. The zero-order chi connectivity index (χ0) is 18.1. The maximum absolute atomic E-state index is 12.7. The molecule has 0 aliphatic rings. The van der Waals surface area contributed by atoms with E-state index in [2.05, 4.69) is 0 Å². The smallest absolute Gasteiger partial charge is 0.338 e. The molecule has 0 saturated heterocycles. The molecule has 3 aromatic rings. The Bertz CT molecular complexity index is 985. The Morgan fingerprint density at radius 1 is 1.04 bits per heavy atom. The van der Waals surface area contributed by atoms with Gasteiger partial charge in [-0.3, -0.25) is 9.36 Å². The number of nitrogens with zero attached hydrogens (tertiary/aromatic N) is 1. The number of para-hydroxylation sites is 1. The molecule has 0 fully saturated rings. The van der Waals surface area contributed by atoms with Crippen molar-refractivity contribution >= 4 is 22.8 Å². The molecule has 0 radical (unpaired) electrons. The highest BCUT2D eigenvalue weighted by atomic mass is 16.5. The normalized spacial score (nSPS) is 10.8. The van der Waals surface area contributed by atoms with Crippen LogP contribution in [0.15, 0.2) is 42.5 Å². The van der Waals surface area contributed by atoms with Gasteiger partial charge in [-0.05, 0) is 44.0 Å². The molecule has 25 heavy (non-hydrogen) atoms. The maximum Gasteiger partial charge on any atom is 0.338 e. The summed E-state index contributed by atoms with van der Waals surface area (Å²) in [5, 5.41) is 10.0. The molecule has 0 unspecified atom stereocenters. The van der Waals surface area contributed by atoms with E-state index in [4.69, 9.17) is 4.74 Å². The van der Waals surface area contributed by atoms with Crippen LogP contribution in [0.5, 0.6) is 5.75 Å². The Labute approximate surface area is 145 Å². The van der Waals surface area contributed by atoms with Gasteiger partial charge in [0.25, 0.3) is 5.91 Å². The van der Waals surface area contributed by atoms with Crippen LogP contribution < -0.4 is 4.74 Å². The number of ether oxygens (including phenoxy) is 1. The number of fused-ring (bicyclic) bond motifs is 1. The predicted molar refractivity (Wildman–Crippen MR) is 95.7 cm³/mol. The van der Waals surface area contributed by atoms with Gasteiger partial charge >= 0.3 is 5.97 Å².